The number of imidazole rings is 1. The summed E-state index contributed by atoms with van der Waals surface area (Å²) in [6, 6.07) is 5.91. The molecule has 0 atom stereocenters. The largest absolute Gasteiger partial charge is 0.481 e. The van der Waals surface area contributed by atoms with Gasteiger partial charge in [0.05, 0.1) is 17.9 Å². The number of aryl methyl sites for hydroxylation is 1. The standard InChI is InChI=1S/C21H28N6O6S/c1-2-3-11-33-20-25-18(22)17-19(26-20)27(21(30)24-17)10-5-4-9-23-34(31,32)15-8-6-7-14(12-15)13-16(28)29/h6-8,12,23H,2-5,9-11,13H2,1H3,(H,24,30)(H,28,29)(H2,22,25,26). The van der Waals surface area contributed by atoms with E-state index < -0.39 is 21.7 Å². The van der Waals surface area contributed by atoms with Crippen molar-refractivity contribution in [1.82, 2.24) is 24.2 Å². The quantitative estimate of drug-likeness (QED) is 0.255. The summed E-state index contributed by atoms with van der Waals surface area (Å²) in [5, 5.41) is 8.89. The molecule has 0 saturated carbocycles. The third kappa shape index (κ3) is 6.32. The molecule has 0 saturated heterocycles. The van der Waals surface area contributed by atoms with E-state index in [-0.39, 0.29) is 29.7 Å². The molecule has 0 aliphatic carbocycles. The van der Waals surface area contributed by atoms with Gasteiger partial charge in [0, 0.05) is 13.1 Å². The van der Waals surface area contributed by atoms with Gasteiger partial charge in [-0.15, -0.1) is 0 Å². The van der Waals surface area contributed by atoms with E-state index in [1.54, 1.807) is 6.07 Å². The average molecular weight is 493 g/mol. The Morgan fingerprint density at radius 2 is 2.06 bits per heavy atom. The summed E-state index contributed by atoms with van der Waals surface area (Å²) in [6.45, 7) is 2.91. The molecular weight excluding hydrogens is 464 g/mol. The monoisotopic (exact) mass is 492 g/mol. The number of hydrogen-bond donors (Lipinski definition) is 4. The second-order valence-corrected chi connectivity index (χ2v) is 9.46. The van der Waals surface area contributed by atoms with Gasteiger partial charge < -0.3 is 20.6 Å². The number of aliphatic carboxylic acids is 1. The number of carboxylic acids is 1. The fraction of sp³-hybridized carbons (Fsp3) is 0.429. The van der Waals surface area contributed by atoms with Crippen LogP contribution in [0, 0.1) is 0 Å². The average Bonchev–Trinajstić information content (AvgIpc) is 3.09. The highest BCUT2D eigenvalue weighted by Crippen LogP contribution is 2.18. The van der Waals surface area contributed by atoms with Crippen LogP contribution in [-0.4, -0.2) is 52.2 Å². The van der Waals surface area contributed by atoms with Crippen LogP contribution in [0.2, 0.25) is 0 Å². The molecule has 0 aliphatic rings. The van der Waals surface area contributed by atoms with Crippen LogP contribution in [-0.2, 0) is 27.8 Å². The number of H-pyrrole nitrogens is 1. The summed E-state index contributed by atoms with van der Waals surface area (Å²) >= 11 is 0. The minimum Gasteiger partial charge on any atom is -0.481 e. The number of rotatable bonds is 13. The number of carbonyl (C=O) groups is 1. The number of nitrogens with one attached hydrogen (secondary N) is 2. The Hall–Kier alpha value is -3.45. The molecule has 34 heavy (non-hydrogen) atoms. The SMILES string of the molecule is CCCCOc1nc(N)c2[nH]c(=O)n(CCCCNS(=O)(=O)c3cccc(CC(=O)O)c3)c2n1. The molecule has 1 aromatic carbocycles. The number of unbranched alkanes of at least 4 members (excludes halogenated alkanes) is 2. The molecule has 0 fully saturated rings. The molecule has 0 unspecified atom stereocenters. The van der Waals surface area contributed by atoms with Gasteiger partial charge in [0.25, 0.3) is 0 Å². The number of ether oxygens (including phenoxy) is 1. The Morgan fingerprint density at radius 3 is 2.79 bits per heavy atom. The van der Waals surface area contributed by atoms with Crippen LogP contribution in [0.3, 0.4) is 0 Å². The van der Waals surface area contributed by atoms with Gasteiger partial charge >= 0.3 is 17.7 Å². The van der Waals surface area contributed by atoms with Gasteiger partial charge in [-0.1, -0.05) is 25.5 Å². The first-order valence-electron chi connectivity index (χ1n) is 10.9. The van der Waals surface area contributed by atoms with E-state index in [0.717, 1.165) is 12.8 Å². The zero-order valence-corrected chi connectivity index (χ0v) is 19.6. The van der Waals surface area contributed by atoms with Crippen molar-refractivity contribution >= 4 is 33.0 Å². The number of nitrogens with two attached hydrogens (primary N) is 1. The Balaban J connectivity index is 1.60. The summed E-state index contributed by atoms with van der Waals surface area (Å²) in [5.41, 5.74) is 6.60. The normalized spacial score (nSPS) is 11.7. The van der Waals surface area contributed by atoms with Crippen molar-refractivity contribution in [3.8, 4) is 6.01 Å². The molecule has 0 bridgehead atoms. The first kappa shape index (κ1) is 25.2. The topological polar surface area (TPSA) is 182 Å². The Bertz CT molecular complexity index is 1320. The number of benzene rings is 1. The van der Waals surface area contributed by atoms with E-state index in [2.05, 4.69) is 19.7 Å². The predicted molar refractivity (Wildman–Crippen MR) is 125 cm³/mol. The molecule has 184 valence electrons. The number of anilines is 1. The van der Waals surface area contributed by atoms with E-state index in [0.29, 0.717) is 42.7 Å². The van der Waals surface area contributed by atoms with Crippen LogP contribution < -0.4 is 20.9 Å². The van der Waals surface area contributed by atoms with Gasteiger partial charge in [-0.2, -0.15) is 9.97 Å². The maximum absolute atomic E-state index is 12.5. The van der Waals surface area contributed by atoms with Crippen molar-refractivity contribution in [2.24, 2.45) is 0 Å². The minimum atomic E-state index is -3.79. The van der Waals surface area contributed by atoms with Crippen LogP contribution in [0.15, 0.2) is 34.0 Å². The molecule has 0 amide bonds. The molecule has 0 radical (unpaired) electrons. The first-order valence-corrected chi connectivity index (χ1v) is 12.4. The summed E-state index contributed by atoms with van der Waals surface area (Å²) in [6.07, 6.45) is 2.46. The zero-order valence-electron chi connectivity index (χ0n) is 18.8. The summed E-state index contributed by atoms with van der Waals surface area (Å²) < 4.78 is 34.5. The number of carboxylic acid groups (broad SMARTS) is 1. The summed E-state index contributed by atoms with van der Waals surface area (Å²) in [7, 11) is -3.79. The number of fused-ring (bicyclic) bond motifs is 1. The van der Waals surface area contributed by atoms with Gasteiger partial charge in [0.2, 0.25) is 10.0 Å². The van der Waals surface area contributed by atoms with E-state index in [1.807, 2.05) is 6.92 Å². The molecule has 3 rings (SSSR count). The molecule has 3 aromatic rings. The van der Waals surface area contributed by atoms with Crippen molar-refractivity contribution in [2.75, 3.05) is 18.9 Å². The molecule has 0 spiro atoms. The maximum Gasteiger partial charge on any atom is 0.327 e. The van der Waals surface area contributed by atoms with Gasteiger partial charge in [0.1, 0.15) is 5.52 Å². The van der Waals surface area contributed by atoms with Gasteiger partial charge in [0.15, 0.2) is 11.5 Å². The molecule has 5 N–H and O–H groups in total. The highest BCUT2D eigenvalue weighted by molar-refractivity contribution is 7.89. The lowest BCUT2D eigenvalue weighted by Crippen LogP contribution is -2.25. The second-order valence-electron chi connectivity index (χ2n) is 7.70. The minimum absolute atomic E-state index is 0.00174. The third-order valence-corrected chi connectivity index (χ3v) is 6.48. The van der Waals surface area contributed by atoms with Crippen LogP contribution in [0.1, 0.15) is 38.2 Å². The molecule has 12 nitrogen and oxygen atoms in total. The van der Waals surface area contributed by atoms with Gasteiger partial charge in [-0.3, -0.25) is 9.36 Å². The summed E-state index contributed by atoms with van der Waals surface area (Å²) in [4.78, 5) is 34.2. The highest BCUT2D eigenvalue weighted by atomic mass is 32.2. The molecular formula is C21H28N6O6S. The number of nitrogen functional groups attached to an aromatic ring is 1. The second kappa shape index (κ2) is 11.1. The molecule has 13 heteroatoms. The smallest absolute Gasteiger partial charge is 0.327 e. The van der Waals surface area contributed by atoms with Crippen molar-refractivity contribution in [3.05, 3.63) is 40.3 Å². The number of aromatic amines is 1. The first-order chi connectivity index (χ1) is 16.2. The van der Waals surface area contributed by atoms with Crippen molar-refractivity contribution in [2.45, 2.75) is 50.5 Å². The van der Waals surface area contributed by atoms with Crippen molar-refractivity contribution in [3.63, 3.8) is 0 Å². The Kier molecular flexibility index (Phi) is 8.23. The Labute approximate surface area is 196 Å². The van der Waals surface area contributed by atoms with E-state index in [4.69, 9.17) is 15.6 Å². The van der Waals surface area contributed by atoms with E-state index in [1.165, 1.54) is 22.8 Å². The fourth-order valence-corrected chi connectivity index (χ4v) is 4.44. The lowest BCUT2D eigenvalue weighted by atomic mass is 10.2. The van der Waals surface area contributed by atoms with Crippen LogP contribution >= 0.6 is 0 Å². The molecule has 0 aliphatic heterocycles. The Morgan fingerprint density at radius 1 is 1.26 bits per heavy atom. The summed E-state index contributed by atoms with van der Waals surface area (Å²) in [5.74, 6) is -0.924. The highest BCUT2D eigenvalue weighted by Gasteiger charge is 2.16. The van der Waals surface area contributed by atoms with Crippen molar-refractivity contribution in [1.29, 1.82) is 0 Å². The van der Waals surface area contributed by atoms with Crippen molar-refractivity contribution < 1.29 is 23.1 Å². The number of aromatic nitrogens is 4. The maximum atomic E-state index is 12.5. The van der Waals surface area contributed by atoms with Crippen LogP contribution in [0.25, 0.3) is 11.2 Å². The van der Waals surface area contributed by atoms with E-state index >= 15 is 0 Å². The zero-order chi connectivity index (χ0) is 24.7. The van der Waals surface area contributed by atoms with E-state index in [9.17, 15) is 18.0 Å². The molecule has 2 aromatic heterocycles. The predicted octanol–water partition coefficient (Wildman–Crippen LogP) is 1.27. The lowest BCUT2D eigenvalue weighted by Gasteiger charge is -2.09. The number of sulfonamides is 1. The van der Waals surface area contributed by atoms with Crippen LogP contribution in [0.4, 0.5) is 5.82 Å². The molecule has 2 heterocycles. The lowest BCUT2D eigenvalue weighted by molar-refractivity contribution is -0.136. The van der Waals surface area contributed by atoms with Gasteiger partial charge in [-0.05, 0) is 37.0 Å². The third-order valence-electron chi connectivity index (χ3n) is 5.02. The van der Waals surface area contributed by atoms with Gasteiger partial charge in [-0.25, -0.2) is 17.9 Å². The number of nitrogens with zero attached hydrogens (tertiary/aromatic N) is 3. The fourth-order valence-electron chi connectivity index (χ4n) is 3.29. The number of hydrogen-bond acceptors (Lipinski definition) is 8. The van der Waals surface area contributed by atoms with Crippen LogP contribution in [0.5, 0.6) is 6.01 Å².